The van der Waals surface area contributed by atoms with Crippen LogP contribution in [0.1, 0.15) is 0 Å². The van der Waals surface area contributed by atoms with Gasteiger partial charge in [-0.1, -0.05) is 17.3 Å². The van der Waals surface area contributed by atoms with Crippen LogP contribution in [0.25, 0.3) is 11.3 Å². The summed E-state index contributed by atoms with van der Waals surface area (Å²) in [6.07, 6.45) is 2.43. The van der Waals surface area contributed by atoms with Gasteiger partial charge in [-0.05, 0) is 12.1 Å². The first-order valence-corrected chi connectivity index (χ1v) is 6.63. The molecular formula is C10H11N3O3S. The highest BCUT2D eigenvalue weighted by Gasteiger charge is 2.10. The molecule has 1 aromatic carbocycles. The highest BCUT2D eigenvalue weighted by molar-refractivity contribution is 7.89. The van der Waals surface area contributed by atoms with E-state index >= 15 is 0 Å². The van der Waals surface area contributed by atoms with Gasteiger partial charge in [0.1, 0.15) is 11.4 Å². The number of benzene rings is 1. The molecule has 0 aliphatic rings. The zero-order valence-corrected chi connectivity index (χ0v) is 10.2. The maximum Gasteiger partial charge on any atom is 0.252 e. The lowest BCUT2D eigenvalue weighted by molar-refractivity contribution is 0.415. The molecule has 1 heterocycles. The first-order chi connectivity index (χ1) is 8.00. The SMILES string of the molecule is COc1cccc(-c2cn(S(C)(=O)=O)nn2)c1. The third kappa shape index (κ3) is 2.44. The first kappa shape index (κ1) is 11.6. The quantitative estimate of drug-likeness (QED) is 0.807. The fourth-order valence-corrected chi connectivity index (χ4v) is 1.79. The second-order valence-electron chi connectivity index (χ2n) is 3.47. The average molecular weight is 253 g/mol. The Morgan fingerprint density at radius 2 is 2.12 bits per heavy atom. The van der Waals surface area contributed by atoms with Crippen molar-refractivity contribution in [1.29, 1.82) is 0 Å². The van der Waals surface area contributed by atoms with Crippen LogP contribution in [0.5, 0.6) is 5.75 Å². The van der Waals surface area contributed by atoms with Gasteiger partial charge in [-0.15, -0.1) is 9.19 Å². The van der Waals surface area contributed by atoms with Gasteiger partial charge in [0.15, 0.2) is 0 Å². The minimum absolute atomic E-state index is 0.481. The maximum atomic E-state index is 11.2. The Balaban J connectivity index is 2.43. The van der Waals surface area contributed by atoms with Gasteiger partial charge in [-0.25, -0.2) is 8.42 Å². The molecule has 17 heavy (non-hydrogen) atoms. The summed E-state index contributed by atoms with van der Waals surface area (Å²) in [5.74, 6) is 0.677. The molecular weight excluding hydrogens is 242 g/mol. The number of hydrogen-bond acceptors (Lipinski definition) is 5. The van der Waals surface area contributed by atoms with E-state index in [2.05, 4.69) is 10.3 Å². The highest BCUT2D eigenvalue weighted by Crippen LogP contribution is 2.21. The van der Waals surface area contributed by atoms with Gasteiger partial charge < -0.3 is 4.74 Å². The molecule has 7 heteroatoms. The Hall–Kier alpha value is -1.89. The smallest absolute Gasteiger partial charge is 0.252 e. The lowest BCUT2D eigenvalue weighted by Gasteiger charge is -2.00. The summed E-state index contributed by atoms with van der Waals surface area (Å²) in [7, 11) is -1.83. The molecule has 0 atom stereocenters. The Kier molecular flexibility index (Phi) is 2.84. The van der Waals surface area contributed by atoms with E-state index in [-0.39, 0.29) is 0 Å². The zero-order valence-electron chi connectivity index (χ0n) is 9.36. The van der Waals surface area contributed by atoms with Gasteiger partial charge in [-0.2, -0.15) is 0 Å². The number of methoxy groups -OCH3 is 1. The number of nitrogens with zero attached hydrogens (tertiary/aromatic N) is 3. The fraction of sp³-hybridized carbons (Fsp3) is 0.200. The molecule has 0 N–H and O–H groups in total. The highest BCUT2D eigenvalue weighted by atomic mass is 32.2. The van der Waals surface area contributed by atoms with Crippen LogP contribution in [0.2, 0.25) is 0 Å². The Morgan fingerprint density at radius 3 is 2.71 bits per heavy atom. The van der Waals surface area contributed by atoms with Crippen molar-refractivity contribution in [2.45, 2.75) is 0 Å². The maximum absolute atomic E-state index is 11.2. The van der Waals surface area contributed by atoms with Crippen LogP contribution < -0.4 is 4.74 Å². The van der Waals surface area contributed by atoms with Gasteiger partial charge in [0, 0.05) is 5.56 Å². The molecule has 2 rings (SSSR count). The standard InChI is InChI=1S/C10H11N3O3S/c1-16-9-5-3-4-8(6-9)10-7-13(12-11-10)17(2,14)15/h3-7H,1-2H3. The third-order valence-corrected chi connectivity index (χ3v) is 3.04. The van der Waals surface area contributed by atoms with E-state index in [0.717, 1.165) is 15.9 Å². The van der Waals surface area contributed by atoms with E-state index < -0.39 is 10.0 Å². The van der Waals surface area contributed by atoms with Gasteiger partial charge in [0.2, 0.25) is 0 Å². The van der Waals surface area contributed by atoms with Crippen LogP contribution in [-0.4, -0.2) is 36.2 Å². The van der Waals surface area contributed by atoms with E-state index in [4.69, 9.17) is 4.74 Å². The molecule has 0 amide bonds. The van der Waals surface area contributed by atoms with Crippen LogP contribution in [0.3, 0.4) is 0 Å². The van der Waals surface area contributed by atoms with Crippen molar-refractivity contribution in [2.75, 3.05) is 13.4 Å². The lowest BCUT2D eigenvalue weighted by Crippen LogP contribution is -2.10. The summed E-state index contributed by atoms with van der Waals surface area (Å²) >= 11 is 0. The Morgan fingerprint density at radius 1 is 1.35 bits per heavy atom. The van der Waals surface area contributed by atoms with Gasteiger partial charge in [0.05, 0.1) is 19.6 Å². The van der Waals surface area contributed by atoms with Crippen LogP contribution in [-0.2, 0) is 10.0 Å². The van der Waals surface area contributed by atoms with Crippen molar-refractivity contribution in [1.82, 2.24) is 14.4 Å². The largest absolute Gasteiger partial charge is 0.497 e. The van der Waals surface area contributed by atoms with Crippen LogP contribution in [0, 0.1) is 0 Å². The van der Waals surface area contributed by atoms with Crippen LogP contribution >= 0.6 is 0 Å². The molecule has 0 saturated heterocycles. The zero-order chi connectivity index (χ0) is 12.5. The summed E-state index contributed by atoms with van der Waals surface area (Å²) in [5.41, 5.74) is 1.23. The summed E-state index contributed by atoms with van der Waals surface area (Å²) in [5, 5.41) is 7.36. The molecule has 0 fully saturated rings. The number of hydrogen-bond donors (Lipinski definition) is 0. The van der Waals surface area contributed by atoms with E-state index in [9.17, 15) is 8.42 Å². The Bertz CT molecular complexity index is 634. The van der Waals surface area contributed by atoms with E-state index in [1.54, 1.807) is 31.4 Å². The molecule has 90 valence electrons. The summed E-state index contributed by atoms with van der Waals surface area (Å²) < 4.78 is 28.4. The molecule has 0 spiro atoms. The average Bonchev–Trinajstić information content (AvgIpc) is 2.78. The summed E-state index contributed by atoms with van der Waals surface area (Å²) in [6, 6.07) is 7.16. The van der Waals surface area contributed by atoms with Gasteiger partial charge in [0.25, 0.3) is 10.0 Å². The number of ether oxygens (including phenoxy) is 1. The molecule has 6 nitrogen and oxygen atoms in total. The predicted molar refractivity (Wildman–Crippen MR) is 62.3 cm³/mol. The summed E-state index contributed by atoms with van der Waals surface area (Å²) in [4.78, 5) is 0. The van der Waals surface area contributed by atoms with Crippen LogP contribution in [0.4, 0.5) is 0 Å². The van der Waals surface area contributed by atoms with Crippen molar-refractivity contribution < 1.29 is 13.2 Å². The summed E-state index contributed by atoms with van der Waals surface area (Å²) in [6.45, 7) is 0. The van der Waals surface area contributed by atoms with Crippen LogP contribution in [0.15, 0.2) is 30.5 Å². The van der Waals surface area contributed by atoms with Crippen molar-refractivity contribution >= 4 is 10.0 Å². The van der Waals surface area contributed by atoms with E-state index in [1.165, 1.54) is 6.20 Å². The lowest BCUT2D eigenvalue weighted by atomic mass is 10.1. The minimum Gasteiger partial charge on any atom is -0.497 e. The van der Waals surface area contributed by atoms with Crippen molar-refractivity contribution in [3.05, 3.63) is 30.5 Å². The van der Waals surface area contributed by atoms with E-state index in [0.29, 0.717) is 11.4 Å². The third-order valence-electron chi connectivity index (χ3n) is 2.18. The van der Waals surface area contributed by atoms with E-state index in [1.807, 2.05) is 0 Å². The van der Waals surface area contributed by atoms with Gasteiger partial charge in [-0.3, -0.25) is 0 Å². The van der Waals surface area contributed by atoms with Crippen molar-refractivity contribution in [3.63, 3.8) is 0 Å². The van der Waals surface area contributed by atoms with Crippen molar-refractivity contribution in [2.24, 2.45) is 0 Å². The monoisotopic (exact) mass is 253 g/mol. The van der Waals surface area contributed by atoms with Crippen molar-refractivity contribution in [3.8, 4) is 17.0 Å². The Labute approximate surface area is 98.9 Å². The second kappa shape index (κ2) is 4.17. The number of aromatic nitrogens is 3. The fourth-order valence-electron chi connectivity index (χ4n) is 1.33. The topological polar surface area (TPSA) is 74.1 Å². The molecule has 0 bridgehead atoms. The molecule has 0 aliphatic carbocycles. The number of rotatable bonds is 3. The molecule has 0 saturated carbocycles. The molecule has 0 unspecified atom stereocenters. The second-order valence-corrected chi connectivity index (χ2v) is 5.31. The normalized spacial score (nSPS) is 11.4. The molecule has 2 aromatic rings. The molecule has 0 aliphatic heterocycles. The minimum atomic E-state index is -3.39. The molecule has 0 radical (unpaired) electrons. The molecule has 1 aromatic heterocycles. The first-order valence-electron chi connectivity index (χ1n) is 4.78. The van der Waals surface area contributed by atoms with Gasteiger partial charge >= 0.3 is 0 Å². The predicted octanol–water partition coefficient (Wildman–Crippen LogP) is 0.761.